The predicted molar refractivity (Wildman–Crippen MR) is 61.5 cm³/mol. The third-order valence-corrected chi connectivity index (χ3v) is 3.60. The Morgan fingerprint density at radius 2 is 2.07 bits per heavy atom. The lowest BCUT2D eigenvalue weighted by Gasteiger charge is -2.15. The molecule has 0 saturated heterocycles. The van der Waals surface area contributed by atoms with Gasteiger partial charge in [-0.15, -0.1) is 0 Å². The monoisotopic (exact) mass is 207 g/mol. The number of amides is 1. The molecular formula is C13H21NO. The SMILES string of the molecule is O=C(NCC1=CCCCC1)C1CCCC1. The second kappa shape index (κ2) is 5.34. The Balaban J connectivity index is 1.72. The van der Waals surface area contributed by atoms with Crippen molar-refractivity contribution in [2.24, 2.45) is 5.92 Å². The van der Waals surface area contributed by atoms with Crippen molar-refractivity contribution in [3.05, 3.63) is 11.6 Å². The smallest absolute Gasteiger partial charge is 0.223 e. The van der Waals surface area contributed by atoms with E-state index in [0.29, 0.717) is 11.8 Å². The summed E-state index contributed by atoms with van der Waals surface area (Å²) < 4.78 is 0. The minimum atomic E-state index is 0.291. The van der Waals surface area contributed by atoms with Crippen LogP contribution in [0.4, 0.5) is 0 Å². The number of rotatable bonds is 3. The van der Waals surface area contributed by atoms with E-state index >= 15 is 0 Å². The maximum atomic E-state index is 11.7. The van der Waals surface area contributed by atoms with Gasteiger partial charge in [0, 0.05) is 12.5 Å². The largest absolute Gasteiger partial charge is 0.352 e. The molecule has 15 heavy (non-hydrogen) atoms. The molecule has 2 nitrogen and oxygen atoms in total. The first-order valence-corrected chi connectivity index (χ1v) is 6.32. The van der Waals surface area contributed by atoms with Gasteiger partial charge in [-0.3, -0.25) is 4.79 Å². The molecule has 1 amide bonds. The zero-order valence-corrected chi connectivity index (χ0v) is 9.43. The quantitative estimate of drug-likeness (QED) is 0.708. The first-order valence-electron chi connectivity index (χ1n) is 6.32. The molecule has 0 heterocycles. The first-order chi connectivity index (χ1) is 7.36. The standard InChI is InChI=1S/C13H21NO/c15-13(12-8-4-5-9-12)14-10-11-6-2-1-3-7-11/h6,12H,1-5,7-10H2,(H,14,15). The van der Waals surface area contributed by atoms with Crippen LogP contribution in [0.2, 0.25) is 0 Å². The molecular weight excluding hydrogens is 186 g/mol. The topological polar surface area (TPSA) is 29.1 Å². The summed E-state index contributed by atoms with van der Waals surface area (Å²) in [4.78, 5) is 11.7. The fourth-order valence-electron chi connectivity index (χ4n) is 2.60. The van der Waals surface area contributed by atoms with Gasteiger partial charge in [-0.05, 0) is 38.5 Å². The van der Waals surface area contributed by atoms with Gasteiger partial charge in [0.25, 0.3) is 0 Å². The number of carbonyl (C=O) groups is 1. The second-order valence-corrected chi connectivity index (χ2v) is 4.81. The zero-order valence-electron chi connectivity index (χ0n) is 9.43. The van der Waals surface area contributed by atoms with E-state index in [1.54, 1.807) is 0 Å². The first kappa shape index (κ1) is 10.7. The average Bonchev–Trinajstić information content (AvgIpc) is 2.81. The molecule has 1 N–H and O–H groups in total. The lowest BCUT2D eigenvalue weighted by molar-refractivity contribution is -0.124. The maximum Gasteiger partial charge on any atom is 0.223 e. The van der Waals surface area contributed by atoms with Crippen LogP contribution in [0, 0.1) is 5.92 Å². The molecule has 0 aliphatic heterocycles. The summed E-state index contributed by atoms with van der Waals surface area (Å²) >= 11 is 0. The molecule has 0 radical (unpaired) electrons. The molecule has 0 aromatic rings. The van der Waals surface area contributed by atoms with Crippen molar-refractivity contribution < 1.29 is 4.79 Å². The molecule has 0 atom stereocenters. The second-order valence-electron chi connectivity index (χ2n) is 4.81. The van der Waals surface area contributed by atoms with E-state index in [-0.39, 0.29) is 0 Å². The van der Waals surface area contributed by atoms with Gasteiger partial charge in [-0.25, -0.2) is 0 Å². The predicted octanol–water partition coefficient (Wildman–Crippen LogP) is 2.79. The number of allylic oxidation sites excluding steroid dienone is 1. The van der Waals surface area contributed by atoms with Gasteiger partial charge >= 0.3 is 0 Å². The van der Waals surface area contributed by atoms with E-state index < -0.39 is 0 Å². The van der Waals surface area contributed by atoms with Crippen molar-refractivity contribution in [1.29, 1.82) is 0 Å². The van der Waals surface area contributed by atoms with Gasteiger partial charge in [0.05, 0.1) is 0 Å². The Hall–Kier alpha value is -0.790. The highest BCUT2D eigenvalue weighted by Crippen LogP contribution is 2.24. The number of hydrogen-bond donors (Lipinski definition) is 1. The molecule has 0 aromatic heterocycles. The molecule has 0 spiro atoms. The average molecular weight is 207 g/mol. The van der Waals surface area contributed by atoms with Crippen LogP contribution in [0.15, 0.2) is 11.6 Å². The summed E-state index contributed by atoms with van der Waals surface area (Å²) in [6, 6.07) is 0. The number of hydrogen-bond acceptors (Lipinski definition) is 1. The molecule has 2 aliphatic rings. The normalized spacial score (nSPS) is 22.5. The van der Waals surface area contributed by atoms with Crippen molar-refractivity contribution in [3.63, 3.8) is 0 Å². The van der Waals surface area contributed by atoms with E-state index in [9.17, 15) is 4.79 Å². The van der Waals surface area contributed by atoms with Crippen molar-refractivity contribution in [1.82, 2.24) is 5.32 Å². The highest BCUT2D eigenvalue weighted by atomic mass is 16.1. The fourth-order valence-corrected chi connectivity index (χ4v) is 2.60. The summed E-state index contributed by atoms with van der Waals surface area (Å²) in [6.45, 7) is 0.801. The Morgan fingerprint density at radius 1 is 1.27 bits per heavy atom. The molecule has 2 aliphatic carbocycles. The van der Waals surface area contributed by atoms with Gasteiger partial charge in [0.2, 0.25) is 5.91 Å². The number of carbonyl (C=O) groups excluding carboxylic acids is 1. The van der Waals surface area contributed by atoms with Crippen LogP contribution < -0.4 is 5.32 Å². The lowest BCUT2D eigenvalue weighted by atomic mass is 9.99. The molecule has 1 fully saturated rings. The van der Waals surface area contributed by atoms with Crippen LogP contribution in [-0.2, 0) is 4.79 Å². The van der Waals surface area contributed by atoms with Crippen molar-refractivity contribution >= 4 is 5.91 Å². The van der Waals surface area contributed by atoms with Crippen LogP contribution in [0.1, 0.15) is 51.4 Å². The van der Waals surface area contributed by atoms with Gasteiger partial charge in [0.15, 0.2) is 0 Å². The van der Waals surface area contributed by atoms with Gasteiger partial charge < -0.3 is 5.32 Å². The summed E-state index contributed by atoms with van der Waals surface area (Å²) in [5.41, 5.74) is 1.44. The van der Waals surface area contributed by atoms with Crippen molar-refractivity contribution in [2.45, 2.75) is 51.4 Å². The van der Waals surface area contributed by atoms with Gasteiger partial charge in [0.1, 0.15) is 0 Å². The maximum absolute atomic E-state index is 11.7. The van der Waals surface area contributed by atoms with Crippen molar-refractivity contribution in [3.8, 4) is 0 Å². The summed E-state index contributed by atoms with van der Waals surface area (Å²) in [5, 5.41) is 3.09. The molecule has 2 rings (SSSR count). The van der Waals surface area contributed by atoms with E-state index in [1.807, 2.05) is 0 Å². The molecule has 0 unspecified atom stereocenters. The highest BCUT2D eigenvalue weighted by molar-refractivity contribution is 5.79. The van der Waals surface area contributed by atoms with Gasteiger partial charge in [-0.2, -0.15) is 0 Å². The Morgan fingerprint density at radius 3 is 2.73 bits per heavy atom. The van der Waals surface area contributed by atoms with Crippen LogP contribution in [0.25, 0.3) is 0 Å². The molecule has 0 aromatic carbocycles. The van der Waals surface area contributed by atoms with E-state index in [4.69, 9.17) is 0 Å². The third kappa shape index (κ3) is 3.08. The Kier molecular flexibility index (Phi) is 3.81. The molecule has 2 heteroatoms. The minimum absolute atomic E-state index is 0.291. The minimum Gasteiger partial charge on any atom is -0.352 e. The Bertz CT molecular complexity index is 251. The van der Waals surface area contributed by atoms with Crippen LogP contribution in [0.5, 0.6) is 0 Å². The summed E-state index contributed by atoms with van der Waals surface area (Å²) in [7, 11) is 0. The van der Waals surface area contributed by atoms with E-state index in [0.717, 1.165) is 19.4 Å². The summed E-state index contributed by atoms with van der Waals surface area (Å²) in [5.74, 6) is 0.605. The van der Waals surface area contributed by atoms with Crippen LogP contribution in [-0.4, -0.2) is 12.5 Å². The van der Waals surface area contributed by atoms with Crippen molar-refractivity contribution in [2.75, 3.05) is 6.54 Å². The third-order valence-electron chi connectivity index (χ3n) is 3.60. The highest BCUT2D eigenvalue weighted by Gasteiger charge is 2.22. The van der Waals surface area contributed by atoms with Crippen LogP contribution >= 0.6 is 0 Å². The Labute approximate surface area is 92.1 Å². The molecule has 0 bridgehead atoms. The van der Waals surface area contributed by atoms with E-state index in [1.165, 1.54) is 44.1 Å². The zero-order chi connectivity index (χ0) is 10.5. The van der Waals surface area contributed by atoms with Crippen LogP contribution in [0.3, 0.4) is 0 Å². The van der Waals surface area contributed by atoms with Gasteiger partial charge in [-0.1, -0.05) is 24.5 Å². The molecule has 84 valence electrons. The van der Waals surface area contributed by atoms with E-state index in [2.05, 4.69) is 11.4 Å². The lowest BCUT2D eigenvalue weighted by Crippen LogP contribution is -2.31. The number of nitrogens with one attached hydrogen (secondary N) is 1. The fraction of sp³-hybridized carbons (Fsp3) is 0.769. The summed E-state index contributed by atoms with van der Waals surface area (Å²) in [6.07, 6.45) is 12.0. The molecule has 1 saturated carbocycles.